The first-order valence-electron chi connectivity index (χ1n) is 7.05. The van der Waals surface area contributed by atoms with Gasteiger partial charge in [0.2, 0.25) is 0 Å². The van der Waals surface area contributed by atoms with E-state index in [0.717, 1.165) is 10.0 Å². The maximum Gasteiger partial charge on any atom is 0.256 e. The van der Waals surface area contributed by atoms with Gasteiger partial charge in [0.05, 0.1) is 11.0 Å². The lowest BCUT2D eigenvalue weighted by atomic mass is 10.2. The molecule has 0 aliphatic heterocycles. The van der Waals surface area contributed by atoms with Gasteiger partial charge in [-0.05, 0) is 51.8 Å². The Hall–Kier alpha value is -1.99. The molecular formula is C17H12Br2FN3O. The highest BCUT2D eigenvalue weighted by atomic mass is 79.9. The van der Waals surface area contributed by atoms with E-state index in [9.17, 15) is 9.18 Å². The molecule has 2 aromatic carbocycles. The third-order valence-corrected chi connectivity index (χ3v) is 4.37. The smallest absolute Gasteiger partial charge is 0.256 e. The van der Waals surface area contributed by atoms with Crippen LogP contribution in [0.15, 0.2) is 63.7 Å². The SMILES string of the molecule is O=C(Nc1nn(Cc2ccc(F)cc2)cc1Br)c1cccc(Br)c1. The molecule has 3 rings (SSSR count). The van der Waals surface area contributed by atoms with Gasteiger partial charge in [-0.1, -0.05) is 34.1 Å². The Balaban J connectivity index is 1.74. The maximum atomic E-state index is 12.9. The maximum absolute atomic E-state index is 12.9. The number of carbonyl (C=O) groups excluding carboxylic acids is 1. The van der Waals surface area contributed by atoms with E-state index >= 15 is 0 Å². The fourth-order valence-electron chi connectivity index (χ4n) is 2.15. The number of carbonyl (C=O) groups is 1. The molecule has 122 valence electrons. The molecule has 7 heteroatoms. The molecule has 1 aromatic heterocycles. The Morgan fingerprint density at radius 2 is 1.92 bits per heavy atom. The second kappa shape index (κ2) is 7.27. The van der Waals surface area contributed by atoms with Crippen LogP contribution in [0.4, 0.5) is 10.2 Å². The van der Waals surface area contributed by atoms with E-state index in [1.807, 2.05) is 6.07 Å². The van der Waals surface area contributed by atoms with Crippen LogP contribution in [0, 0.1) is 5.82 Å². The number of rotatable bonds is 4. The zero-order valence-electron chi connectivity index (χ0n) is 12.3. The van der Waals surface area contributed by atoms with Crippen LogP contribution in [0.1, 0.15) is 15.9 Å². The molecule has 24 heavy (non-hydrogen) atoms. The molecule has 0 saturated heterocycles. The van der Waals surface area contributed by atoms with Gasteiger partial charge in [0, 0.05) is 16.2 Å². The van der Waals surface area contributed by atoms with Crippen LogP contribution in [-0.2, 0) is 6.54 Å². The first-order valence-corrected chi connectivity index (χ1v) is 8.64. The molecule has 0 bridgehead atoms. The summed E-state index contributed by atoms with van der Waals surface area (Å²) in [6.07, 6.45) is 1.76. The van der Waals surface area contributed by atoms with E-state index in [0.29, 0.717) is 22.4 Å². The van der Waals surface area contributed by atoms with Crippen LogP contribution in [0.25, 0.3) is 0 Å². The normalized spacial score (nSPS) is 10.6. The fourth-order valence-corrected chi connectivity index (χ4v) is 2.96. The molecule has 0 spiro atoms. The predicted molar refractivity (Wildman–Crippen MR) is 97.5 cm³/mol. The topological polar surface area (TPSA) is 46.9 Å². The first-order chi connectivity index (χ1) is 11.5. The number of amides is 1. The fraction of sp³-hybridized carbons (Fsp3) is 0.0588. The number of nitrogens with zero attached hydrogens (tertiary/aromatic N) is 2. The van der Waals surface area contributed by atoms with Crippen molar-refractivity contribution in [3.05, 3.63) is 80.6 Å². The van der Waals surface area contributed by atoms with E-state index < -0.39 is 0 Å². The number of hydrogen-bond donors (Lipinski definition) is 1. The van der Waals surface area contributed by atoms with Crippen LogP contribution < -0.4 is 5.32 Å². The van der Waals surface area contributed by atoms with Gasteiger partial charge in [0.25, 0.3) is 5.91 Å². The number of benzene rings is 2. The monoisotopic (exact) mass is 451 g/mol. The van der Waals surface area contributed by atoms with E-state index in [4.69, 9.17) is 0 Å². The average molecular weight is 453 g/mol. The van der Waals surface area contributed by atoms with Crippen molar-refractivity contribution < 1.29 is 9.18 Å². The van der Waals surface area contributed by atoms with Crippen LogP contribution in [0.2, 0.25) is 0 Å². The minimum absolute atomic E-state index is 0.246. The summed E-state index contributed by atoms with van der Waals surface area (Å²) in [6, 6.07) is 13.3. The van der Waals surface area contributed by atoms with Gasteiger partial charge in [-0.15, -0.1) is 0 Å². The van der Waals surface area contributed by atoms with Crippen molar-refractivity contribution in [3.63, 3.8) is 0 Å². The number of nitrogens with one attached hydrogen (secondary N) is 1. The van der Waals surface area contributed by atoms with E-state index in [2.05, 4.69) is 42.3 Å². The minimum atomic E-state index is -0.276. The summed E-state index contributed by atoms with van der Waals surface area (Å²) in [5.74, 6) is -0.0894. The van der Waals surface area contributed by atoms with Gasteiger partial charge in [0.1, 0.15) is 5.82 Å². The Morgan fingerprint density at radius 3 is 2.62 bits per heavy atom. The van der Waals surface area contributed by atoms with Gasteiger partial charge in [-0.2, -0.15) is 5.10 Å². The quantitative estimate of drug-likeness (QED) is 0.615. The molecule has 0 aliphatic carbocycles. The summed E-state index contributed by atoms with van der Waals surface area (Å²) in [5.41, 5.74) is 1.45. The van der Waals surface area contributed by atoms with Gasteiger partial charge in [-0.25, -0.2) is 4.39 Å². The standard InChI is InChI=1S/C17H12Br2FN3O/c18-13-3-1-2-12(8-13)17(24)21-16-15(19)10-23(22-16)9-11-4-6-14(20)7-5-11/h1-8,10H,9H2,(H,21,22,24). The van der Waals surface area contributed by atoms with Crippen molar-refractivity contribution in [2.75, 3.05) is 5.32 Å². The Bertz CT molecular complexity index is 878. The molecule has 1 heterocycles. The van der Waals surface area contributed by atoms with Crippen LogP contribution in [-0.4, -0.2) is 15.7 Å². The Morgan fingerprint density at radius 1 is 1.17 bits per heavy atom. The molecule has 0 aliphatic rings. The molecular weight excluding hydrogens is 441 g/mol. The van der Waals surface area contributed by atoms with E-state index in [-0.39, 0.29) is 11.7 Å². The number of aromatic nitrogens is 2. The van der Waals surface area contributed by atoms with Crippen molar-refractivity contribution in [3.8, 4) is 0 Å². The van der Waals surface area contributed by atoms with Crippen molar-refractivity contribution in [2.45, 2.75) is 6.54 Å². The van der Waals surface area contributed by atoms with E-state index in [1.165, 1.54) is 12.1 Å². The lowest BCUT2D eigenvalue weighted by Crippen LogP contribution is -2.13. The van der Waals surface area contributed by atoms with Gasteiger partial charge < -0.3 is 5.32 Å². The van der Waals surface area contributed by atoms with Gasteiger partial charge >= 0.3 is 0 Å². The second-order valence-electron chi connectivity index (χ2n) is 5.11. The average Bonchev–Trinajstić information content (AvgIpc) is 2.89. The third kappa shape index (κ3) is 4.10. The lowest BCUT2D eigenvalue weighted by Gasteiger charge is -2.04. The Labute approximate surface area is 154 Å². The van der Waals surface area contributed by atoms with Crippen LogP contribution in [0.3, 0.4) is 0 Å². The summed E-state index contributed by atoms with van der Waals surface area (Å²) in [6.45, 7) is 0.478. The molecule has 0 fully saturated rings. The molecule has 0 atom stereocenters. The lowest BCUT2D eigenvalue weighted by molar-refractivity contribution is 0.102. The van der Waals surface area contributed by atoms with Crippen LogP contribution >= 0.6 is 31.9 Å². The van der Waals surface area contributed by atoms with Crippen molar-refractivity contribution in [1.82, 2.24) is 9.78 Å². The summed E-state index contributed by atoms with van der Waals surface area (Å²) >= 11 is 6.73. The number of anilines is 1. The second-order valence-corrected chi connectivity index (χ2v) is 6.88. The zero-order valence-corrected chi connectivity index (χ0v) is 15.5. The summed E-state index contributed by atoms with van der Waals surface area (Å²) < 4.78 is 16.1. The molecule has 3 aromatic rings. The third-order valence-electron chi connectivity index (χ3n) is 3.29. The molecule has 4 nitrogen and oxygen atoms in total. The summed E-state index contributed by atoms with van der Waals surface area (Å²) in [7, 11) is 0. The molecule has 0 radical (unpaired) electrons. The first kappa shape index (κ1) is 16.9. The summed E-state index contributed by atoms with van der Waals surface area (Å²) in [4.78, 5) is 12.3. The highest BCUT2D eigenvalue weighted by molar-refractivity contribution is 9.10. The van der Waals surface area contributed by atoms with Crippen molar-refractivity contribution >= 4 is 43.6 Å². The minimum Gasteiger partial charge on any atom is -0.304 e. The van der Waals surface area contributed by atoms with Crippen molar-refractivity contribution in [1.29, 1.82) is 0 Å². The number of hydrogen-bond acceptors (Lipinski definition) is 2. The zero-order chi connectivity index (χ0) is 17.1. The van der Waals surface area contributed by atoms with E-state index in [1.54, 1.807) is 41.2 Å². The van der Waals surface area contributed by atoms with Crippen molar-refractivity contribution in [2.24, 2.45) is 0 Å². The van der Waals surface area contributed by atoms with Gasteiger partial charge in [0.15, 0.2) is 5.82 Å². The van der Waals surface area contributed by atoms with Gasteiger partial charge in [-0.3, -0.25) is 9.48 Å². The molecule has 1 amide bonds. The number of halogens is 3. The largest absolute Gasteiger partial charge is 0.304 e. The summed E-state index contributed by atoms with van der Waals surface area (Å²) in [5, 5.41) is 7.12. The Kier molecular flexibility index (Phi) is 5.11. The molecule has 0 saturated carbocycles. The highest BCUT2D eigenvalue weighted by Gasteiger charge is 2.12. The van der Waals surface area contributed by atoms with Crippen LogP contribution in [0.5, 0.6) is 0 Å². The highest BCUT2D eigenvalue weighted by Crippen LogP contribution is 2.22. The molecule has 0 unspecified atom stereocenters. The predicted octanol–water partition coefficient (Wildman–Crippen LogP) is 4.85. The molecule has 1 N–H and O–H groups in total.